The minimum atomic E-state index is -0.125. The fourth-order valence-electron chi connectivity index (χ4n) is 1.98. The van der Waals surface area contributed by atoms with E-state index in [9.17, 15) is 4.79 Å². The Balaban J connectivity index is 2.17. The van der Waals surface area contributed by atoms with Crippen molar-refractivity contribution in [3.8, 4) is 0 Å². The van der Waals surface area contributed by atoms with Gasteiger partial charge in [-0.3, -0.25) is 4.79 Å². The second-order valence-electron chi connectivity index (χ2n) is 4.95. The fraction of sp³-hybridized carbons (Fsp3) is 0.250. The molecule has 0 saturated carbocycles. The van der Waals surface area contributed by atoms with Gasteiger partial charge in [-0.1, -0.05) is 41.4 Å². The quantitative estimate of drug-likeness (QED) is 0.942. The summed E-state index contributed by atoms with van der Waals surface area (Å²) in [7, 11) is 3.51. The average molecular weight is 304 g/mol. The molecule has 21 heavy (non-hydrogen) atoms. The van der Waals surface area contributed by atoms with E-state index < -0.39 is 0 Å². The Morgan fingerprint density at radius 3 is 2.62 bits per heavy atom. The van der Waals surface area contributed by atoms with Crippen LogP contribution in [0.15, 0.2) is 36.5 Å². The maximum Gasteiger partial charge on any atom is 0.255 e. The van der Waals surface area contributed by atoms with Crippen molar-refractivity contribution in [2.75, 3.05) is 19.4 Å². The number of anilines is 1. The van der Waals surface area contributed by atoms with E-state index in [0.717, 1.165) is 5.56 Å². The van der Waals surface area contributed by atoms with E-state index in [4.69, 9.17) is 11.6 Å². The first kappa shape index (κ1) is 15.3. The van der Waals surface area contributed by atoms with Crippen LogP contribution in [0.3, 0.4) is 0 Å². The zero-order chi connectivity index (χ0) is 15.4. The predicted octanol–water partition coefficient (Wildman–Crippen LogP) is 3.36. The summed E-state index contributed by atoms with van der Waals surface area (Å²) in [5.41, 5.74) is 2.73. The molecule has 110 valence electrons. The number of aryl methyl sites for hydroxylation is 1. The highest BCUT2D eigenvalue weighted by Crippen LogP contribution is 2.20. The first-order valence-corrected chi connectivity index (χ1v) is 7.03. The molecule has 0 aliphatic rings. The van der Waals surface area contributed by atoms with E-state index in [1.165, 1.54) is 11.8 Å². The Bertz CT molecular complexity index is 640. The van der Waals surface area contributed by atoms with E-state index in [1.54, 1.807) is 25.1 Å². The summed E-state index contributed by atoms with van der Waals surface area (Å²) in [5, 5.41) is 3.26. The van der Waals surface area contributed by atoms with Gasteiger partial charge in [-0.2, -0.15) is 0 Å². The molecule has 1 heterocycles. The van der Waals surface area contributed by atoms with Crippen LogP contribution in [0.2, 0.25) is 5.02 Å². The van der Waals surface area contributed by atoms with Gasteiger partial charge in [-0.05, 0) is 18.6 Å². The van der Waals surface area contributed by atoms with Crippen molar-refractivity contribution >= 4 is 23.3 Å². The predicted molar refractivity (Wildman–Crippen MR) is 85.8 cm³/mol. The summed E-state index contributed by atoms with van der Waals surface area (Å²) < 4.78 is 0. The number of pyridine rings is 1. The molecule has 0 saturated heterocycles. The Morgan fingerprint density at radius 2 is 2.00 bits per heavy atom. The number of nitrogens with one attached hydrogen (secondary N) is 1. The summed E-state index contributed by atoms with van der Waals surface area (Å²) in [5.74, 6) is 0.492. The summed E-state index contributed by atoms with van der Waals surface area (Å²) in [4.78, 5) is 18.2. The molecule has 0 unspecified atom stereocenters. The fourth-order valence-corrected chi connectivity index (χ4v) is 2.17. The van der Waals surface area contributed by atoms with Gasteiger partial charge in [0.05, 0.1) is 10.6 Å². The highest BCUT2D eigenvalue weighted by molar-refractivity contribution is 6.33. The molecule has 2 rings (SSSR count). The molecule has 1 N–H and O–H groups in total. The molecule has 0 aliphatic heterocycles. The van der Waals surface area contributed by atoms with Crippen LogP contribution in [0.25, 0.3) is 0 Å². The van der Waals surface area contributed by atoms with Crippen LogP contribution in [0.1, 0.15) is 21.5 Å². The van der Waals surface area contributed by atoms with E-state index in [1.807, 2.05) is 31.2 Å². The molecular weight excluding hydrogens is 286 g/mol. The number of benzene rings is 1. The van der Waals surface area contributed by atoms with Crippen LogP contribution in [0, 0.1) is 6.92 Å². The van der Waals surface area contributed by atoms with Gasteiger partial charge >= 0.3 is 0 Å². The van der Waals surface area contributed by atoms with Gasteiger partial charge in [0.15, 0.2) is 0 Å². The highest BCUT2D eigenvalue weighted by atomic mass is 35.5. The Hall–Kier alpha value is -2.07. The Kier molecular flexibility index (Phi) is 4.81. The monoisotopic (exact) mass is 303 g/mol. The zero-order valence-corrected chi connectivity index (χ0v) is 13.1. The number of hydrogen-bond donors (Lipinski definition) is 1. The molecule has 0 aliphatic carbocycles. The van der Waals surface area contributed by atoms with Crippen molar-refractivity contribution < 1.29 is 4.79 Å². The van der Waals surface area contributed by atoms with E-state index in [2.05, 4.69) is 10.3 Å². The normalized spacial score (nSPS) is 10.3. The van der Waals surface area contributed by atoms with Crippen LogP contribution < -0.4 is 5.32 Å². The minimum absolute atomic E-state index is 0.125. The van der Waals surface area contributed by atoms with Gasteiger partial charge in [0.1, 0.15) is 5.82 Å². The van der Waals surface area contributed by atoms with Crippen LogP contribution >= 0.6 is 11.6 Å². The maximum atomic E-state index is 12.5. The third-order valence-corrected chi connectivity index (χ3v) is 3.53. The topological polar surface area (TPSA) is 45.2 Å². The Morgan fingerprint density at radius 1 is 1.33 bits per heavy atom. The second-order valence-corrected chi connectivity index (χ2v) is 5.35. The maximum absolute atomic E-state index is 12.5. The first-order valence-electron chi connectivity index (χ1n) is 6.65. The van der Waals surface area contributed by atoms with Gasteiger partial charge in [-0.25, -0.2) is 4.98 Å². The van der Waals surface area contributed by atoms with Crippen molar-refractivity contribution in [2.45, 2.75) is 13.5 Å². The van der Waals surface area contributed by atoms with Gasteiger partial charge < -0.3 is 10.2 Å². The van der Waals surface area contributed by atoms with Crippen LogP contribution in [-0.2, 0) is 6.54 Å². The average Bonchev–Trinajstić information content (AvgIpc) is 2.49. The number of aromatic nitrogens is 1. The smallest absolute Gasteiger partial charge is 0.255 e. The Labute approximate surface area is 129 Å². The van der Waals surface area contributed by atoms with E-state index in [-0.39, 0.29) is 5.91 Å². The molecule has 1 aromatic heterocycles. The van der Waals surface area contributed by atoms with Gasteiger partial charge in [0.25, 0.3) is 5.91 Å². The molecular formula is C16H18ClN3O. The lowest BCUT2D eigenvalue weighted by Gasteiger charge is -2.18. The number of rotatable bonds is 4. The third kappa shape index (κ3) is 3.73. The summed E-state index contributed by atoms with van der Waals surface area (Å²) in [6.07, 6.45) is 1.49. The van der Waals surface area contributed by atoms with Crippen LogP contribution in [0.4, 0.5) is 5.82 Å². The molecule has 5 heteroatoms. The second kappa shape index (κ2) is 6.59. The molecule has 0 bridgehead atoms. The summed E-state index contributed by atoms with van der Waals surface area (Å²) >= 11 is 6.08. The van der Waals surface area contributed by atoms with Crippen molar-refractivity contribution in [1.82, 2.24) is 9.88 Å². The summed E-state index contributed by atoms with van der Waals surface area (Å²) in [6, 6.07) is 9.77. The van der Waals surface area contributed by atoms with Crippen molar-refractivity contribution in [3.63, 3.8) is 0 Å². The molecule has 0 fully saturated rings. The lowest BCUT2D eigenvalue weighted by atomic mass is 10.1. The van der Waals surface area contributed by atoms with E-state index in [0.29, 0.717) is 22.9 Å². The lowest BCUT2D eigenvalue weighted by molar-refractivity contribution is 0.0785. The third-order valence-electron chi connectivity index (χ3n) is 3.23. The number of nitrogens with zero attached hydrogens (tertiary/aromatic N) is 2. The standard InChI is InChI=1S/C16H18ClN3O/c1-11-4-6-12(7-5-11)10-20(3)16(21)13-8-15(18-2)19-9-14(13)17/h4-9H,10H2,1-3H3,(H,18,19). The van der Waals surface area contributed by atoms with Crippen molar-refractivity contribution in [1.29, 1.82) is 0 Å². The number of hydrogen-bond acceptors (Lipinski definition) is 3. The van der Waals surface area contributed by atoms with Gasteiger partial charge in [-0.15, -0.1) is 0 Å². The largest absolute Gasteiger partial charge is 0.373 e. The first-order chi connectivity index (χ1) is 10.0. The minimum Gasteiger partial charge on any atom is -0.373 e. The molecule has 0 radical (unpaired) electrons. The molecule has 0 spiro atoms. The van der Waals surface area contributed by atoms with Crippen LogP contribution in [-0.4, -0.2) is 29.9 Å². The van der Waals surface area contributed by atoms with Gasteiger partial charge in [0, 0.05) is 26.8 Å². The molecule has 4 nitrogen and oxygen atoms in total. The number of carbonyl (C=O) groups excluding carboxylic acids is 1. The molecule has 1 aromatic carbocycles. The lowest BCUT2D eigenvalue weighted by Crippen LogP contribution is -2.26. The highest BCUT2D eigenvalue weighted by Gasteiger charge is 2.16. The molecule has 0 atom stereocenters. The van der Waals surface area contributed by atoms with E-state index >= 15 is 0 Å². The zero-order valence-electron chi connectivity index (χ0n) is 12.4. The molecule has 2 aromatic rings. The van der Waals surface area contributed by atoms with Crippen molar-refractivity contribution in [2.24, 2.45) is 0 Å². The number of halogens is 1. The van der Waals surface area contributed by atoms with Crippen LogP contribution in [0.5, 0.6) is 0 Å². The van der Waals surface area contributed by atoms with Gasteiger partial charge in [0.2, 0.25) is 0 Å². The molecule has 1 amide bonds. The number of carbonyl (C=O) groups is 1. The SMILES string of the molecule is CNc1cc(C(=O)N(C)Cc2ccc(C)cc2)c(Cl)cn1. The summed E-state index contributed by atoms with van der Waals surface area (Å²) in [6.45, 7) is 2.57. The van der Waals surface area contributed by atoms with Crippen molar-refractivity contribution in [3.05, 3.63) is 58.2 Å². The number of amides is 1.